The Morgan fingerprint density at radius 1 is 1.15 bits per heavy atom. The van der Waals surface area contributed by atoms with Crippen LogP contribution >= 0.6 is 24.0 Å². The molecule has 0 saturated carbocycles. The van der Waals surface area contributed by atoms with E-state index in [1.165, 1.54) is 12.1 Å². The third kappa shape index (κ3) is 8.04. The van der Waals surface area contributed by atoms with Crippen molar-refractivity contribution in [2.75, 3.05) is 33.9 Å². The smallest absolute Gasteiger partial charge is 0.269 e. The fourth-order valence-electron chi connectivity index (χ4n) is 3.72. The fraction of sp³-hybridized carbons (Fsp3) is 0.435. The maximum atomic E-state index is 10.8. The van der Waals surface area contributed by atoms with Crippen LogP contribution in [0.1, 0.15) is 24.5 Å². The molecule has 1 fully saturated rings. The minimum atomic E-state index is -0.397. The topological polar surface area (TPSA) is 101 Å². The van der Waals surface area contributed by atoms with Gasteiger partial charge in [-0.3, -0.25) is 15.0 Å². The molecule has 180 valence electrons. The van der Waals surface area contributed by atoms with Crippen LogP contribution in [0.15, 0.2) is 47.5 Å². The first kappa shape index (κ1) is 26.7. The third-order valence-corrected chi connectivity index (χ3v) is 5.34. The van der Waals surface area contributed by atoms with Gasteiger partial charge in [0.1, 0.15) is 11.5 Å². The molecule has 1 unspecified atom stereocenters. The summed E-state index contributed by atoms with van der Waals surface area (Å²) in [5.74, 6) is 2.34. The number of likely N-dealkylation sites (tertiary alicyclic amines) is 1. The van der Waals surface area contributed by atoms with Crippen molar-refractivity contribution in [2.45, 2.75) is 32.5 Å². The van der Waals surface area contributed by atoms with Crippen molar-refractivity contribution in [3.8, 4) is 11.5 Å². The Bertz CT molecular complexity index is 917. The lowest BCUT2D eigenvalue weighted by atomic mass is 10.2. The highest BCUT2D eigenvalue weighted by Gasteiger charge is 2.23. The largest absolute Gasteiger partial charge is 0.497 e. The van der Waals surface area contributed by atoms with Crippen LogP contribution in [0.2, 0.25) is 0 Å². The number of methoxy groups -OCH3 is 2. The second kappa shape index (κ2) is 13.2. The Hall–Kier alpha value is -2.60. The summed E-state index contributed by atoms with van der Waals surface area (Å²) in [5, 5.41) is 17.6. The van der Waals surface area contributed by atoms with Crippen LogP contribution in [0.5, 0.6) is 11.5 Å². The molecule has 1 aliphatic heterocycles. The minimum Gasteiger partial charge on any atom is -0.497 e. The number of nitrogens with zero attached hydrogens (tertiary/aromatic N) is 3. The first-order chi connectivity index (χ1) is 15.5. The van der Waals surface area contributed by atoms with Crippen LogP contribution in [-0.2, 0) is 13.1 Å². The van der Waals surface area contributed by atoms with Crippen LogP contribution in [-0.4, -0.2) is 55.7 Å². The van der Waals surface area contributed by atoms with Crippen molar-refractivity contribution in [2.24, 2.45) is 4.99 Å². The highest BCUT2D eigenvalue weighted by atomic mass is 127. The molecule has 2 aromatic rings. The molecular weight excluding hydrogens is 537 g/mol. The van der Waals surface area contributed by atoms with Gasteiger partial charge in [0.05, 0.1) is 25.7 Å². The molecule has 33 heavy (non-hydrogen) atoms. The molecule has 0 bridgehead atoms. The zero-order valence-corrected chi connectivity index (χ0v) is 21.6. The minimum absolute atomic E-state index is 0. The monoisotopic (exact) mass is 569 g/mol. The first-order valence-electron chi connectivity index (χ1n) is 10.7. The van der Waals surface area contributed by atoms with Crippen LogP contribution < -0.4 is 20.1 Å². The summed E-state index contributed by atoms with van der Waals surface area (Å²) < 4.78 is 10.8. The number of rotatable bonds is 9. The Labute approximate surface area is 211 Å². The number of hydrogen-bond acceptors (Lipinski definition) is 6. The van der Waals surface area contributed by atoms with Crippen LogP contribution in [0.3, 0.4) is 0 Å². The van der Waals surface area contributed by atoms with Crippen molar-refractivity contribution in [1.82, 2.24) is 15.5 Å². The molecule has 2 aromatic carbocycles. The van der Waals surface area contributed by atoms with Crippen LogP contribution in [0, 0.1) is 10.1 Å². The van der Waals surface area contributed by atoms with E-state index in [1.54, 1.807) is 26.4 Å². The van der Waals surface area contributed by atoms with E-state index in [2.05, 4.69) is 20.5 Å². The summed E-state index contributed by atoms with van der Waals surface area (Å²) in [6, 6.07) is 12.7. The van der Waals surface area contributed by atoms with E-state index in [9.17, 15) is 10.1 Å². The summed E-state index contributed by atoms with van der Waals surface area (Å²) in [7, 11) is 3.32. The molecule has 1 aliphatic rings. The van der Waals surface area contributed by atoms with E-state index in [0.717, 1.165) is 61.2 Å². The summed E-state index contributed by atoms with van der Waals surface area (Å²) >= 11 is 0. The van der Waals surface area contributed by atoms with Gasteiger partial charge in [-0.1, -0.05) is 12.1 Å². The fourth-order valence-corrected chi connectivity index (χ4v) is 3.72. The Balaban J connectivity index is 0.00000385. The van der Waals surface area contributed by atoms with Gasteiger partial charge >= 0.3 is 0 Å². The molecular formula is C23H32IN5O4. The van der Waals surface area contributed by atoms with Gasteiger partial charge in [-0.25, -0.2) is 4.99 Å². The van der Waals surface area contributed by atoms with E-state index in [-0.39, 0.29) is 35.7 Å². The molecule has 0 amide bonds. The van der Waals surface area contributed by atoms with Gasteiger partial charge in [-0.05, 0) is 36.6 Å². The van der Waals surface area contributed by atoms with Crippen molar-refractivity contribution in [1.29, 1.82) is 0 Å². The lowest BCUT2D eigenvalue weighted by molar-refractivity contribution is -0.384. The molecule has 10 heteroatoms. The van der Waals surface area contributed by atoms with Crippen molar-refractivity contribution < 1.29 is 14.4 Å². The van der Waals surface area contributed by atoms with Gasteiger partial charge in [0.25, 0.3) is 5.69 Å². The predicted octanol–water partition coefficient (Wildman–Crippen LogP) is 3.56. The van der Waals surface area contributed by atoms with E-state index >= 15 is 0 Å². The SMILES string of the molecule is CCNC(=NCc1ccc([N+](=O)[O-])cc1)NC1CCN(Cc2cc(OC)cc(OC)c2)C1.I. The standard InChI is InChI=1S/C23H31N5O4.HI/c1-4-24-23(25-14-17-5-7-20(8-6-17)28(29)30)26-19-9-10-27(16-19)15-18-11-21(31-2)13-22(12-18)32-3;/h5-8,11-13,19H,4,9-10,14-16H2,1-3H3,(H2,24,25,26);1H. The zero-order chi connectivity index (χ0) is 22.9. The number of benzene rings is 2. The van der Waals surface area contributed by atoms with Crippen molar-refractivity contribution >= 4 is 35.6 Å². The molecule has 3 rings (SSSR count). The second-order valence-electron chi connectivity index (χ2n) is 7.70. The number of non-ortho nitro benzene ring substituents is 1. The average Bonchev–Trinajstić information content (AvgIpc) is 3.24. The average molecular weight is 569 g/mol. The number of nitro benzene ring substituents is 1. The zero-order valence-electron chi connectivity index (χ0n) is 19.2. The molecule has 1 atom stereocenters. The quantitative estimate of drug-likeness (QED) is 0.157. The Kier molecular flexibility index (Phi) is 10.7. The maximum absolute atomic E-state index is 10.8. The van der Waals surface area contributed by atoms with E-state index in [1.807, 2.05) is 25.1 Å². The summed E-state index contributed by atoms with van der Waals surface area (Å²) in [6.07, 6.45) is 1.02. The number of ether oxygens (including phenoxy) is 2. The number of guanidine groups is 1. The number of hydrogen-bond donors (Lipinski definition) is 2. The molecule has 2 N–H and O–H groups in total. The van der Waals surface area contributed by atoms with Gasteiger partial charge < -0.3 is 20.1 Å². The summed E-state index contributed by atoms with van der Waals surface area (Å²) in [6.45, 7) is 5.95. The number of nitrogens with one attached hydrogen (secondary N) is 2. The number of halogens is 1. The predicted molar refractivity (Wildman–Crippen MR) is 140 cm³/mol. The van der Waals surface area contributed by atoms with Crippen LogP contribution in [0.25, 0.3) is 0 Å². The Morgan fingerprint density at radius 3 is 2.39 bits per heavy atom. The van der Waals surface area contributed by atoms with Crippen molar-refractivity contribution in [3.05, 3.63) is 63.7 Å². The van der Waals surface area contributed by atoms with Gasteiger partial charge in [-0.2, -0.15) is 0 Å². The highest BCUT2D eigenvalue weighted by Crippen LogP contribution is 2.24. The first-order valence-corrected chi connectivity index (χ1v) is 10.7. The van der Waals surface area contributed by atoms with E-state index in [0.29, 0.717) is 6.54 Å². The van der Waals surface area contributed by atoms with Crippen LogP contribution in [0.4, 0.5) is 5.69 Å². The molecule has 9 nitrogen and oxygen atoms in total. The highest BCUT2D eigenvalue weighted by molar-refractivity contribution is 14.0. The summed E-state index contributed by atoms with van der Waals surface area (Å²) in [5.41, 5.74) is 2.16. The normalized spacial score (nSPS) is 16.1. The summed E-state index contributed by atoms with van der Waals surface area (Å²) in [4.78, 5) is 17.5. The van der Waals surface area contributed by atoms with Crippen molar-refractivity contribution in [3.63, 3.8) is 0 Å². The molecule has 0 spiro atoms. The lowest BCUT2D eigenvalue weighted by Gasteiger charge is -2.19. The third-order valence-electron chi connectivity index (χ3n) is 5.34. The molecule has 1 saturated heterocycles. The van der Waals surface area contributed by atoms with E-state index in [4.69, 9.17) is 9.47 Å². The number of nitro groups is 1. The molecule has 0 aromatic heterocycles. The van der Waals surface area contributed by atoms with Gasteiger partial charge in [-0.15, -0.1) is 24.0 Å². The van der Waals surface area contributed by atoms with Gasteiger partial charge in [0, 0.05) is 50.4 Å². The number of aliphatic imine (C=N–C) groups is 1. The molecule has 1 heterocycles. The Morgan fingerprint density at radius 2 is 1.82 bits per heavy atom. The van der Waals surface area contributed by atoms with Gasteiger partial charge in [0.2, 0.25) is 0 Å². The second-order valence-corrected chi connectivity index (χ2v) is 7.70. The lowest BCUT2D eigenvalue weighted by Crippen LogP contribution is -2.44. The molecule has 0 aliphatic carbocycles. The molecule has 0 radical (unpaired) electrons. The van der Waals surface area contributed by atoms with Gasteiger partial charge in [0.15, 0.2) is 5.96 Å². The van der Waals surface area contributed by atoms with E-state index < -0.39 is 4.92 Å². The maximum Gasteiger partial charge on any atom is 0.269 e.